The van der Waals surface area contributed by atoms with Crippen LogP contribution in [0.15, 0.2) is 0 Å². The summed E-state index contributed by atoms with van der Waals surface area (Å²) in [6, 6.07) is 0. The summed E-state index contributed by atoms with van der Waals surface area (Å²) in [4.78, 5) is 4.80. The second-order valence-corrected chi connectivity index (χ2v) is 4.98. The molecular weight excluding hydrogens is 192 g/mol. The van der Waals surface area contributed by atoms with Crippen molar-refractivity contribution in [2.45, 2.75) is 18.9 Å². The van der Waals surface area contributed by atoms with Crippen LogP contribution >= 0.6 is 0 Å². The zero-order chi connectivity index (χ0) is 10.7. The highest BCUT2D eigenvalue weighted by Gasteiger charge is 2.30. The first-order valence-electron chi connectivity index (χ1n) is 5.91. The lowest BCUT2D eigenvalue weighted by molar-refractivity contribution is 0.0312. The van der Waals surface area contributed by atoms with E-state index in [1.807, 2.05) is 6.92 Å². The molecule has 1 N–H and O–H groups in total. The first-order chi connectivity index (χ1) is 7.16. The molecule has 0 aromatic rings. The maximum absolute atomic E-state index is 9.83. The number of aliphatic hydroxyl groups is 1. The first kappa shape index (κ1) is 11.3. The Balaban J connectivity index is 1.65. The molecule has 1 atom stereocenters. The SMILES string of the molecule is CC1(O)CCN(CCN2CCOCC2)C1. The van der Waals surface area contributed by atoms with E-state index in [1.54, 1.807) is 0 Å². The van der Waals surface area contributed by atoms with Gasteiger partial charge in [-0.25, -0.2) is 0 Å². The maximum Gasteiger partial charge on any atom is 0.0758 e. The summed E-state index contributed by atoms with van der Waals surface area (Å²) in [5.41, 5.74) is -0.453. The molecule has 15 heavy (non-hydrogen) atoms. The number of morpholine rings is 1. The van der Waals surface area contributed by atoms with Crippen LogP contribution in [0, 0.1) is 0 Å². The average Bonchev–Trinajstić information content (AvgIpc) is 2.57. The van der Waals surface area contributed by atoms with E-state index in [4.69, 9.17) is 4.74 Å². The molecular formula is C11H22N2O2. The molecule has 2 heterocycles. The van der Waals surface area contributed by atoms with E-state index >= 15 is 0 Å². The van der Waals surface area contributed by atoms with Crippen molar-refractivity contribution >= 4 is 0 Å². The zero-order valence-electron chi connectivity index (χ0n) is 9.61. The van der Waals surface area contributed by atoms with E-state index < -0.39 is 5.60 Å². The minimum absolute atomic E-state index is 0.453. The molecule has 0 saturated carbocycles. The van der Waals surface area contributed by atoms with Gasteiger partial charge in [0.15, 0.2) is 0 Å². The molecule has 0 aliphatic carbocycles. The molecule has 2 aliphatic heterocycles. The van der Waals surface area contributed by atoms with Gasteiger partial charge in [-0.15, -0.1) is 0 Å². The third-order valence-corrected chi connectivity index (χ3v) is 3.37. The Hall–Kier alpha value is -0.160. The predicted molar refractivity (Wildman–Crippen MR) is 58.9 cm³/mol. The quantitative estimate of drug-likeness (QED) is 0.704. The predicted octanol–water partition coefficient (Wildman–Crippen LogP) is -0.225. The summed E-state index contributed by atoms with van der Waals surface area (Å²) in [6.45, 7) is 9.86. The maximum atomic E-state index is 9.83. The molecule has 2 rings (SSSR count). The lowest BCUT2D eigenvalue weighted by atomic mass is 10.1. The van der Waals surface area contributed by atoms with Gasteiger partial charge in [-0.05, 0) is 13.3 Å². The molecule has 0 aromatic carbocycles. The Morgan fingerprint density at radius 2 is 1.80 bits per heavy atom. The summed E-state index contributed by atoms with van der Waals surface area (Å²) < 4.78 is 5.31. The van der Waals surface area contributed by atoms with Crippen molar-refractivity contribution in [3.63, 3.8) is 0 Å². The number of hydrogen-bond acceptors (Lipinski definition) is 4. The highest BCUT2D eigenvalue weighted by atomic mass is 16.5. The summed E-state index contributed by atoms with van der Waals surface area (Å²) in [5.74, 6) is 0. The molecule has 2 fully saturated rings. The molecule has 88 valence electrons. The van der Waals surface area contributed by atoms with Gasteiger partial charge in [0.2, 0.25) is 0 Å². The van der Waals surface area contributed by atoms with Crippen molar-refractivity contribution < 1.29 is 9.84 Å². The molecule has 2 aliphatic rings. The fourth-order valence-corrected chi connectivity index (χ4v) is 2.34. The van der Waals surface area contributed by atoms with Crippen LogP contribution in [-0.4, -0.2) is 73.0 Å². The van der Waals surface area contributed by atoms with E-state index in [0.29, 0.717) is 0 Å². The fourth-order valence-electron chi connectivity index (χ4n) is 2.34. The van der Waals surface area contributed by atoms with Gasteiger partial charge in [0.1, 0.15) is 0 Å². The van der Waals surface area contributed by atoms with Gasteiger partial charge < -0.3 is 9.84 Å². The molecule has 0 aromatic heterocycles. The minimum atomic E-state index is -0.453. The van der Waals surface area contributed by atoms with Crippen LogP contribution in [0.1, 0.15) is 13.3 Å². The highest BCUT2D eigenvalue weighted by molar-refractivity contribution is 4.86. The topological polar surface area (TPSA) is 35.9 Å². The molecule has 0 radical (unpaired) electrons. The number of ether oxygens (including phenoxy) is 1. The van der Waals surface area contributed by atoms with E-state index in [0.717, 1.165) is 58.9 Å². The standard InChI is InChI=1S/C11H22N2O2/c1-11(14)2-3-13(10-11)5-4-12-6-8-15-9-7-12/h14H,2-10H2,1H3. The smallest absolute Gasteiger partial charge is 0.0758 e. The summed E-state index contributed by atoms with van der Waals surface area (Å²) in [7, 11) is 0. The van der Waals surface area contributed by atoms with Crippen LogP contribution in [0.25, 0.3) is 0 Å². The van der Waals surface area contributed by atoms with Crippen molar-refractivity contribution in [3.8, 4) is 0 Å². The molecule has 1 unspecified atom stereocenters. The Morgan fingerprint density at radius 1 is 1.13 bits per heavy atom. The zero-order valence-corrected chi connectivity index (χ0v) is 9.61. The average molecular weight is 214 g/mol. The third-order valence-electron chi connectivity index (χ3n) is 3.37. The fraction of sp³-hybridized carbons (Fsp3) is 1.00. The Bertz CT molecular complexity index is 203. The van der Waals surface area contributed by atoms with Crippen LogP contribution in [0.4, 0.5) is 0 Å². The van der Waals surface area contributed by atoms with Crippen molar-refractivity contribution in [3.05, 3.63) is 0 Å². The summed E-state index contributed by atoms with van der Waals surface area (Å²) in [6.07, 6.45) is 0.913. The van der Waals surface area contributed by atoms with Crippen molar-refractivity contribution in [1.82, 2.24) is 9.80 Å². The molecule has 4 heteroatoms. The molecule has 0 amide bonds. The monoisotopic (exact) mass is 214 g/mol. The van der Waals surface area contributed by atoms with Crippen LogP contribution in [0.2, 0.25) is 0 Å². The highest BCUT2D eigenvalue weighted by Crippen LogP contribution is 2.19. The normalized spacial score (nSPS) is 34.8. The molecule has 0 spiro atoms. The van der Waals surface area contributed by atoms with Gasteiger partial charge >= 0.3 is 0 Å². The number of rotatable bonds is 3. The number of nitrogens with zero attached hydrogens (tertiary/aromatic N) is 2. The van der Waals surface area contributed by atoms with Crippen LogP contribution in [0.5, 0.6) is 0 Å². The van der Waals surface area contributed by atoms with Crippen LogP contribution in [-0.2, 0) is 4.74 Å². The van der Waals surface area contributed by atoms with E-state index in [1.165, 1.54) is 0 Å². The lowest BCUT2D eigenvalue weighted by Gasteiger charge is -2.28. The van der Waals surface area contributed by atoms with Crippen molar-refractivity contribution in [2.75, 3.05) is 52.5 Å². The van der Waals surface area contributed by atoms with Crippen molar-refractivity contribution in [2.24, 2.45) is 0 Å². The Morgan fingerprint density at radius 3 is 2.40 bits per heavy atom. The van der Waals surface area contributed by atoms with E-state index in [-0.39, 0.29) is 0 Å². The van der Waals surface area contributed by atoms with E-state index in [2.05, 4.69) is 9.80 Å². The summed E-state index contributed by atoms with van der Waals surface area (Å²) in [5, 5.41) is 9.83. The Labute approximate surface area is 91.8 Å². The number of hydrogen-bond donors (Lipinski definition) is 1. The van der Waals surface area contributed by atoms with Gasteiger partial charge in [0, 0.05) is 39.3 Å². The molecule has 0 bridgehead atoms. The van der Waals surface area contributed by atoms with E-state index in [9.17, 15) is 5.11 Å². The number of likely N-dealkylation sites (tertiary alicyclic amines) is 1. The van der Waals surface area contributed by atoms with Gasteiger partial charge in [-0.1, -0.05) is 0 Å². The largest absolute Gasteiger partial charge is 0.389 e. The van der Waals surface area contributed by atoms with Gasteiger partial charge in [0.25, 0.3) is 0 Å². The van der Waals surface area contributed by atoms with Crippen LogP contribution in [0.3, 0.4) is 0 Å². The minimum Gasteiger partial charge on any atom is -0.389 e. The molecule has 4 nitrogen and oxygen atoms in total. The third kappa shape index (κ3) is 3.41. The van der Waals surface area contributed by atoms with Crippen molar-refractivity contribution in [1.29, 1.82) is 0 Å². The van der Waals surface area contributed by atoms with Crippen LogP contribution < -0.4 is 0 Å². The molecule has 2 saturated heterocycles. The van der Waals surface area contributed by atoms with Gasteiger partial charge in [-0.3, -0.25) is 9.80 Å². The Kier molecular flexibility index (Phi) is 3.61. The summed E-state index contributed by atoms with van der Waals surface area (Å²) >= 11 is 0. The second-order valence-electron chi connectivity index (χ2n) is 4.98. The first-order valence-corrected chi connectivity index (χ1v) is 5.91. The second kappa shape index (κ2) is 4.78. The number of β-amino-alcohol motifs (C(OH)–C–C–N with tert-alkyl or cyclic N) is 1. The van der Waals surface area contributed by atoms with Gasteiger partial charge in [0.05, 0.1) is 18.8 Å². The lowest BCUT2D eigenvalue weighted by Crippen LogP contribution is -2.41. The van der Waals surface area contributed by atoms with Gasteiger partial charge in [-0.2, -0.15) is 0 Å².